The lowest BCUT2D eigenvalue weighted by Gasteiger charge is -2.36. The molecule has 0 aliphatic carbocycles. The Bertz CT molecular complexity index is 387. The number of nitrogens with zero attached hydrogens (tertiary/aromatic N) is 1. The topological polar surface area (TPSA) is 15.3 Å². The first-order valence-corrected chi connectivity index (χ1v) is 7.67. The maximum atomic E-state index is 3.56. The van der Waals surface area contributed by atoms with Crippen molar-refractivity contribution in [3.8, 4) is 0 Å². The fourth-order valence-corrected chi connectivity index (χ4v) is 4.24. The number of hydrogen-bond acceptors (Lipinski definition) is 3. The van der Waals surface area contributed by atoms with Crippen LogP contribution in [-0.2, 0) is 6.42 Å². The van der Waals surface area contributed by atoms with Crippen LogP contribution in [0.25, 0.3) is 0 Å². The third kappa shape index (κ3) is 2.16. The molecule has 1 saturated heterocycles. The Morgan fingerprint density at radius 2 is 2.35 bits per heavy atom. The van der Waals surface area contributed by atoms with Gasteiger partial charge in [0.1, 0.15) is 0 Å². The first kappa shape index (κ1) is 11.7. The van der Waals surface area contributed by atoms with Gasteiger partial charge in [-0.15, -0.1) is 11.3 Å². The van der Waals surface area contributed by atoms with Gasteiger partial charge in [0.05, 0.1) is 0 Å². The molecule has 3 heterocycles. The molecule has 2 nitrogen and oxygen atoms in total. The van der Waals surface area contributed by atoms with Crippen LogP contribution in [0.4, 0.5) is 0 Å². The standard InChI is InChI=1S/C14H22N2S/c1-10-12(3-6-15-10)9-16-7-4-14-13(11(16)2)5-8-17-14/h5,8,10-12,15H,3-4,6-7,9H2,1-2H3. The van der Waals surface area contributed by atoms with Crippen molar-refractivity contribution in [1.82, 2.24) is 10.2 Å². The van der Waals surface area contributed by atoms with E-state index in [1.807, 2.05) is 11.3 Å². The van der Waals surface area contributed by atoms with Crippen LogP contribution in [0.5, 0.6) is 0 Å². The van der Waals surface area contributed by atoms with Crippen molar-refractivity contribution < 1.29 is 0 Å². The number of nitrogens with one attached hydrogen (secondary N) is 1. The molecule has 1 aromatic heterocycles. The molecule has 3 rings (SSSR count). The highest BCUT2D eigenvalue weighted by molar-refractivity contribution is 7.10. The van der Waals surface area contributed by atoms with Gasteiger partial charge in [0.15, 0.2) is 0 Å². The minimum Gasteiger partial charge on any atom is -0.314 e. The van der Waals surface area contributed by atoms with Crippen LogP contribution in [0.1, 0.15) is 36.8 Å². The minimum atomic E-state index is 0.623. The van der Waals surface area contributed by atoms with E-state index in [1.54, 1.807) is 10.4 Å². The quantitative estimate of drug-likeness (QED) is 0.868. The fraction of sp³-hybridized carbons (Fsp3) is 0.714. The summed E-state index contributed by atoms with van der Waals surface area (Å²) in [7, 11) is 0. The predicted octanol–water partition coefficient (Wildman–Crippen LogP) is 2.67. The van der Waals surface area contributed by atoms with Gasteiger partial charge in [0, 0.05) is 30.1 Å². The van der Waals surface area contributed by atoms with Gasteiger partial charge in [-0.3, -0.25) is 4.90 Å². The largest absolute Gasteiger partial charge is 0.314 e. The van der Waals surface area contributed by atoms with Crippen LogP contribution in [-0.4, -0.2) is 30.6 Å². The molecule has 0 bridgehead atoms. The van der Waals surface area contributed by atoms with E-state index in [-0.39, 0.29) is 0 Å². The first-order chi connectivity index (χ1) is 8.25. The molecule has 0 aromatic carbocycles. The first-order valence-electron chi connectivity index (χ1n) is 6.79. The molecular formula is C14H22N2S. The van der Waals surface area contributed by atoms with E-state index < -0.39 is 0 Å². The summed E-state index contributed by atoms with van der Waals surface area (Å²) in [5, 5.41) is 5.82. The minimum absolute atomic E-state index is 0.623. The van der Waals surface area contributed by atoms with Gasteiger partial charge in [-0.1, -0.05) is 0 Å². The molecule has 3 unspecified atom stereocenters. The van der Waals surface area contributed by atoms with E-state index in [4.69, 9.17) is 0 Å². The molecule has 1 aromatic rings. The molecule has 0 saturated carbocycles. The second-order valence-corrected chi connectivity index (χ2v) is 6.51. The van der Waals surface area contributed by atoms with Crippen molar-refractivity contribution in [2.75, 3.05) is 19.6 Å². The number of rotatable bonds is 2. The number of thiophene rings is 1. The zero-order valence-electron chi connectivity index (χ0n) is 10.8. The summed E-state index contributed by atoms with van der Waals surface area (Å²) in [6.07, 6.45) is 2.60. The van der Waals surface area contributed by atoms with Crippen LogP contribution >= 0.6 is 11.3 Å². The van der Waals surface area contributed by atoms with E-state index >= 15 is 0 Å². The summed E-state index contributed by atoms with van der Waals surface area (Å²) < 4.78 is 0. The van der Waals surface area contributed by atoms with Crippen molar-refractivity contribution in [3.63, 3.8) is 0 Å². The molecule has 0 amide bonds. The highest BCUT2D eigenvalue weighted by Gasteiger charge is 2.30. The van der Waals surface area contributed by atoms with E-state index in [9.17, 15) is 0 Å². The Labute approximate surface area is 108 Å². The highest BCUT2D eigenvalue weighted by Crippen LogP contribution is 2.34. The molecule has 0 spiro atoms. The zero-order valence-corrected chi connectivity index (χ0v) is 11.6. The smallest absolute Gasteiger partial charge is 0.0331 e. The molecule has 1 N–H and O–H groups in total. The van der Waals surface area contributed by atoms with Gasteiger partial charge in [-0.25, -0.2) is 0 Å². The van der Waals surface area contributed by atoms with Crippen LogP contribution in [0.3, 0.4) is 0 Å². The Kier molecular flexibility index (Phi) is 3.24. The maximum absolute atomic E-state index is 3.56. The van der Waals surface area contributed by atoms with Crippen molar-refractivity contribution in [2.45, 2.75) is 38.8 Å². The lowest BCUT2D eigenvalue weighted by Crippen LogP contribution is -2.39. The summed E-state index contributed by atoms with van der Waals surface area (Å²) in [6.45, 7) is 8.43. The monoisotopic (exact) mass is 250 g/mol. The third-order valence-electron chi connectivity index (χ3n) is 4.56. The van der Waals surface area contributed by atoms with Crippen LogP contribution in [0, 0.1) is 5.92 Å². The zero-order chi connectivity index (χ0) is 11.8. The van der Waals surface area contributed by atoms with Gasteiger partial charge in [0.25, 0.3) is 0 Å². The highest BCUT2D eigenvalue weighted by atomic mass is 32.1. The number of fused-ring (bicyclic) bond motifs is 1. The molecule has 0 radical (unpaired) electrons. The van der Waals surface area contributed by atoms with Crippen molar-refractivity contribution in [2.24, 2.45) is 5.92 Å². The maximum Gasteiger partial charge on any atom is 0.0331 e. The van der Waals surface area contributed by atoms with E-state index in [1.165, 1.54) is 32.5 Å². The lowest BCUT2D eigenvalue weighted by molar-refractivity contribution is 0.164. The average molecular weight is 250 g/mol. The van der Waals surface area contributed by atoms with Gasteiger partial charge < -0.3 is 5.32 Å². The Morgan fingerprint density at radius 1 is 1.47 bits per heavy atom. The van der Waals surface area contributed by atoms with Gasteiger partial charge >= 0.3 is 0 Å². The van der Waals surface area contributed by atoms with Crippen molar-refractivity contribution in [3.05, 3.63) is 21.9 Å². The molecule has 3 atom stereocenters. The van der Waals surface area contributed by atoms with E-state index in [0.717, 1.165) is 5.92 Å². The lowest BCUT2D eigenvalue weighted by atomic mass is 9.96. The summed E-state index contributed by atoms with van der Waals surface area (Å²) >= 11 is 1.94. The number of hydrogen-bond donors (Lipinski definition) is 1. The third-order valence-corrected chi connectivity index (χ3v) is 5.56. The average Bonchev–Trinajstić information content (AvgIpc) is 2.92. The second-order valence-electron chi connectivity index (χ2n) is 5.51. The SMILES string of the molecule is CC1NCCC1CN1CCc2sccc2C1C. The van der Waals surface area contributed by atoms with Gasteiger partial charge in [0.2, 0.25) is 0 Å². The molecule has 2 aliphatic heterocycles. The van der Waals surface area contributed by atoms with Crippen LogP contribution < -0.4 is 5.32 Å². The van der Waals surface area contributed by atoms with Crippen LogP contribution in [0.2, 0.25) is 0 Å². The van der Waals surface area contributed by atoms with Crippen molar-refractivity contribution in [1.29, 1.82) is 0 Å². The van der Waals surface area contributed by atoms with E-state index in [2.05, 4.69) is 35.5 Å². The molecule has 94 valence electrons. The van der Waals surface area contributed by atoms with Crippen molar-refractivity contribution >= 4 is 11.3 Å². The predicted molar refractivity (Wildman–Crippen MR) is 73.6 cm³/mol. The van der Waals surface area contributed by atoms with Gasteiger partial charge in [-0.05, 0) is 56.2 Å². The summed E-state index contributed by atoms with van der Waals surface area (Å²) in [6, 6.07) is 3.65. The van der Waals surface area contributed by atoms with Gasteiger partial charge in [-0.2, -0.15) is 0 Å². The fourth-order valence-electron chi connectivity index (χ4n) is 3.27. The Hall–Kier alpha value is -0.380. The molecule has 17 heavy (non-hydrogen) atoms. The summed E-state index contributed by atoms with van der Waals surface area (Å²) in [5.74, 6) is 0.845. The molecule has 3 heteroatoms. The normalized spacial score (nSPS) is 33.9. The van der Waals surface area contributed by atoms with E-state index in [0.29, 0.717) is 12.1 Å². The second kappa shape index (κ2) is 4.71. The molecular weight excluding hydrogens is 228 g/mol. The molecule has 2 aliphatic rings. The Morgan fingerprint density at radius 3 is 3.12 bits per heavy atom. The summed E-state index contributed by atoms with van der Waals surface area (Å²) in [5.41, 5.74) is 1.58. The molecule has 1 fully saturated rings. The Balaban J connectivity index is 1.69. The van der Waals surface area contributed by atoms with Crippen LogP contribution in [0.15, 0.2) is 11.4 Å². The summed E-state index contributed by atoms with van der Waals surface area (Å²) in [4.78, 5) is 4.30.